The van der Waals surface area contributed by atoms with E-state index in [0.717, 1.165) is 115 Å². The maximum atomic E-state index is 14.2. The van der Waals surface area contributed by atoms with Crippen molar-refractivity contribution in [3.63, 3.8) is 0 Å². The molecule has 10 nitrogen and oxygen atoms in total. The van der Waals surface area contributed by atoms with Gasteiger partial charge < -0.3 is 34.5 Å². The molecule has 0 radical (unpaired) electrons. The number of aliphatic hydroxyl groups is 2. The SMILES string of the molecule is CCCCCCCCCCC[C@@H](CC(=O)N[C@H]1[C@H](OCc2ccccc2)O[C@H](CO)[C@@H](O)[C@@H]1OC(=O)CCCCCCCCc1ccc2ccccc2c1)OC(=O)CCCCCCCCc1ccc2ccccc2c1. The van der Waals surface area contributed by atoms with Gasteiger partial charge in [0.1, 0.15) is 24.4 Å². The van der Waals surface area contributed by atoms with Crippen molar-refractivity contribution in [2.45, 2.75) is 224 Å². The number of hydrogen-bond donors (Lipinski definition) is 3. The number of aryl methyl sites for hydroxylation is 2. The molecule has 1 heterocycles. The number of ether oxygens (including phenoxy) is 4. The highest BCUT2D eigenvalue weighted by Crippen LogP contribution is 2.28. The minimum atomic E-state index is -1.44. The summed E-state index contributed by atoms with van der Waals surface area (Å²) in [7, 11) is 0. The third-order valence-electron chi connectivity index (χ3n) is 14.9. The third-order valence-corrected chi connectivity index (χ3v) is 14.9. The first-order valence-electron chi connectivity index (χ1n) is 29.0. The monoisotopic (exact) mass is 1030 g/mol. The fourth-order valence-electron chi connectivity index (χ4n) is 10.4. The highest BCUT2D eigenvalue weighted by Gasteiger charge is 2.49. The maximum Gasteiger partial charge on any atom is 0.306 e. The van der Waals surface area contributed by atoms with Gasteiger partial charge in [-0.15, -0.1) is 0 Å². The Balaban J connectivity index is 0.987. The molecule has 1 fully saturated rings. The number of benzene rings is 5. The molecule has 0 spiro atoms. The smallest absolute Gasteiger partial charge is 0.306 e. The molecule has 1 amide bonds. The van der Waals surface area contributed by atoms with Crippen LogP contribution in [-0.2, 0) is 52.8 Å². The van der Waals surface area contributed by atoms with Crippen molar-refractivity contribution in [3.05, 3.63) is 132 Å². The summed E-state index contributed by atoms with van der Waals surface area (Å²) >= 11 is 0. The van der Waals surface area contributed by atoms with Crippen LogP contribution in [0.3, 0.4) is 0 Å². The third kappa shape index (κ3) is 21.8. The van der Waals surface area contributed by atoms with Crippen LogP contribution < -0.4 is 5.32 Å². The zero-order valence-electron chi connectivity index (χ0n) is 45.2. The van der Waals surface area contributed by atoms with Crippen LogP contribution in [0.4, 0.5) is 0 Å². The lowest BCUT2D eigenvalue weighted by Gasteiger charge is -2.43. The minimum Gasteiger partial charge on any atom is -0.462 e. The predicted octanol–water partition coefficient (Wildman–Crippen LogP) is 14.2. The largest absolute Gasteiger partial charge is 0.462 e. The summed E-state index contributed by atoms with van der Waals surface area (Å²) in [5.74, 6) is -1.25. The van der Waals surface area contributed by atoms with Crippen LogP contribution in [0, 0.1) is 0 Å². The summed E-state index contributed by atoms with van der Waals surface area (Å²) in [5, 5.41) is 29.9. The Morgan fingerprint density at radius 1 is 0.560 bits per heavy atom. The van der Waals surface area contributed by atoms with Crippen LogP contribution in [-0.4, -0.2) is 71.4 Å². The Hall–Kier alpha value is -5.13. The molecular weight excluding hydrogens is 939 g/mol. The molecule has 6 rings (SSSR count). The van der Waals surface area contributed by atoms with Crippen molar-refractivity contribution >= 4 is 39.4 Å². The van der Waals surface area contributed by atoms with Crippen molar-refractivity contribution in [2.75, 3.05) is 6.61 Å². The molecule has 6 atom stereocenters. The van der Waals surface area contributed by atoms with Gasteiger partial charge in [-0.05, 0) is 89.6 Å². The Morgan fingerprint density at radius 3 is 1.61 bits per heavy atom. The average Bonchev–Trinajstić information content (AvgIpc) is 3.42. The van der Waals surface area contributed by atoms with E-state index in [2.05, 4.69) is 97.2 Å². The summed E-state index contributed by atoms with van der Waals surface area (Å²) in [6.07, 6.45) is 19.4. The lowest BCUT2D eigenvalue weighted by atomic mass is 9.96. The van der Waals surface area contributed by atoms with Crippen LogP contribution in [0.25, 0.3) is 21.5 Å². The topological polar surface area (TPSA) is 141 Å². The number of nitrogens with one attached hydrogen (secondary N) is 1. The highest BCUT2D eigenvalue weighted by atomic mass is 16.7. The van der Waals surface area contributed by atoms with Crippen molar-refractivity contribution in [2.24, 2.45) is 0 Å². The number of carbonyl (C=O) groups excluding carboxylic acids is 3. The molecule has 1 aliphatic heterocycles. The molecule has 0 unspecified atom stereocenters. The van der Waals surface area contributed by atoms with Crippen LogP contribution in [0.1, 0.15) is 184 Å². The zero-order valence-corrected chi connectivity index (χ0v) is 45.2. The minimum absolute atomic E-state index is 0.107. The first kappa shape index (κ1) is 59.1. The van der Waals surface area contributed by atoms with Gasteiger partial charge in [0.15, 0.2) is 12.4 Å². The highest BCUT2D eigenvalue weighted by molar-refractivity contribution is 5.84. The summed E-state index contributed by atoms with van der Waals surface area (Å²) in [5.41, 5.74) is 3.57. The van der Waals surface area contributed by atoms with Gasteiger partial charge in [-0.1, -0.05) is 225 Å². The van der Waals surface area contributed by atoms with Gasteiger partial charge in [0, 0.05) is 12.8 Å². The average molecular weight is 1030 g/mol. The van der Waals surface area contributed by atoms with Gasteiger partial charge in [-0.25, -0.2) is 0 Å². The van der Waals surface area contributed by atoms with Crippen molar-refractivity contribution < 1.29 is 43.5 Å². The van der Waals surface area contributed by atoms with Crippen molar-refractivity contribution in [3.8, 4) is 0 Å². The molecule has 1 aliphatic rings. The molecular formula is C65H89NO9. The van der Waals surface area contributed by atoms with Crippen LogP contribution >= 0.6 is 0 Å². The number of fused-ring (bicyclic) bond motifs is 2. The summed E-state index contributed by atoms with van der Waals surface area (Å²) in [6, 6.07) is 38.7. The van der Waals surface area contributed by atoms with E-state index < -0.39 is 55.2 Å². The predicted molar refractivity (Wildman–Crippen MR) is 301 cm³/mol. The van der Waals surface area contributed by atoms with Gasteiger partial charge in [-0.3, -0.25) is 14.4 Å². The second-order valence-corrected chi connectivity index (χ2v) is 21.1. The second-order valence-electron chi connectivity index (χ2n) is 21.1. The molecule has 408 valence electrons. The Morgan fingerprint density at radius 2 is 1.05 bits per heavy atom. The molecule has 0 saturated carbocycles. The molecule has 10 heteroatoms. The number of rotatable bonds is 37. The maximum absolute atomic E-state index is 14.2. The fourth-order valence-corrected chi connectivity index (χ4v) is 10.4. The molecule has 3 N–H and O–H groups in total. The van der Waals surface area contributed by atoms with Crippen molar-refractivity contribution in [1.82, 2.24) is 5.32 Å². The molecule has 5 aromatic rings. The molecule has 75 heavy (non-hydrogen) atoms. The van der Waals surface area contributed by atoms with E-state index in [9.17, 15) is 24.6 Å². The number of unbranched alkanes of at least 4 members (excludes halogenated alkanes) is 18. The molecule has 0 aromatic heterocycles. The quantitative estimate of drug-likeness (QED) is 0.0262. The molecule has 0 bridgehead atoms. The van der Waals surface area contributed by atoms with Gasteiger partial charge in [-0.2, -0.15) is 0 Å². The lowest BCUT2D eigenvalue weighted by molar-refractivity contribution is -0.276. The van der Waals surface area contributed by atoms with E-state index in [4.69, 9.17) is 18.9 Å². The lowest BCUT2D eigenvalue weighted by Crippen LogP contribution is -2.66. The summed E-state index contributed by atoms with van der Waals surface area (Å²) in [4.78, 5) is 41.1. The first-order valence-corrected chi connectivity index (χ1v) is 29.0. The van der Waals surface area contributed by atoms with E-state index in [1.165, 1.54) is 64.8 Å². The van der Waals surface area contributed by atoms with E-state index in [0.29, 0.717) is 12.8 Å². The van der Waals surface area contributed by atoms with Crippen LogP contribution in [0.2, 0.25) is 0 Å². The second kappa shape index (κ2) is 34.5. The van der Waals surface area contributed by atoms with Gasteiger partial charge in [0.05, 0.1) is 19.6 Å². The zero-order chi connectivity index (χ0) is 52.7. The van der Waals surface area contributed by atoms with Gasteiger partial charge in [0.2, 0.25) is 5.91 Å². The molecule has 5 aromatic carbocycles. The van der Waals surface area contributed by atoms with E-state index in [1.807, 2.05) is 30.3 Å². The van der Waals surface area contributed by atoms with E-state index in [-0.39, 0.29) is 31.8 Å². The summed E-state index contributed by atoms with van der Waals surface area (Å²) < 4.78 is 24.4. The summed E-state index contributed by atoms with van der Waals surface area (Å²) in [6.45, 7) is 1.79. The Labute approximate surface area is 448 Å². The molecule has 0 aliphatic carbocycles. The first-order chi connectivity index (χ1) is 36.8. The van der Waals surface area contributed by atoms with Crippen LogP contribution in [0.5, 0.6) is 0 Å². The Kier molecular flexibility index (Phi) is 27.2. The number of hydrogen-bond acceptors (Lipinski definition) is 9. The standard InChI is InChI=1S/C65H89NO9/c1-2-3-4-5-6-7-8-15-23-38-57(73-60(69)39-24-16-11-9-13-19-30-50-41-43-53-34-26-28-36-55(53)45-50)47-59(68)66-62-64(63(71)58(48-67)74-65(62)72-49-52-32-21-18-22-33-52)75-61(70)40-25-17-12-10-14-20-31-51-42-44-54-35-27-29-37-56(54)46-51/h18,21-22,26-29,32-37,41-46,57-58,62-65,67,71H,2-17,19-20,23-25,30-31,38-40,47-49H2,1H3,(H,66,68)/t57-,58+,62+,63+,64+,65+/m0/s1. The fraction of sp³-hybridized carbons (Fsp3) is 0.554. The van der Waals surface area contributed by atoms with E-state index >= 15 is 0 Å². The van der Waals surface area contributed by atoms with Gasteiger partial charge >= 0.3 is 11.9 Å². The number of esters is 2. The number of aliphatic hydroxyl groups excluding tert-OH is 2. The van der Waals surface area contributed by atoms with E-state index in [1.54, 1.807) is 0 Å². The van der Waals surface area contributed by atoms with Crippen LogP contribution in [0.15, 0.2) is 115 Å². The Bertz CT molecular complexity index is 2390. The van der Waals surface area contributed by atoms with Gasteiger partial charge in [0.25, 0.3) is 0 Å². The molecule has 1 saturated heterocycles. The number of amides is 1. The normalized spacial score (nSPS) is 18.0. The van der Waals surface area contributed by atoms with Crippen molar-refractivity contribution in [1.29, 1.82) is 0 Å². The number of carbonyl (C=O) groups is 3.